The van der Waals surface area contributed by atoms with Gasteiger partial charge in [-0.2, -0.15) is 0 Å². The third kappa shape index (κ3) is 9.17. The van der Waals surface area contributed by atoms with Gasteiger partial charge < -0.3 is 32.1 Å². The Labute approximate surface area is 239 Å². The summed E-state index contributed by atoms with van der Waals surface area (Å²) in [5.41, 5.74) is 21.1. The molecule has 1 aromatic heterocycles. The minimum absolute atomic E-state index is 0.153. The fourth-order valence-electron chi connectivity index (χ4n) is 5.42. The van der Waals surface area contributed by atoms with Crippen molar-refractivity contribution >= 4 is 17.2 Å². The normalized spacial score (nSPS) is 20.5. The van der Waals surface area contributed by atoms with Crippen LogP contribution < -0.4 is 22.1 Å². The number of anilines is 1. The van der Waals surface area contributed by atoms with Gasteiger partial charge in [0.2, 0.25) is 0 Å². The summed E-state index contributed by atoms with van der Waals surface area (Å²) < 4.78 is 0. The first-order valence-electron chi connectivity index (χ1n) is 14.5. The van der Waals surface area contributed by atoms with E-state index in [9.17, 15) is 9.90 Å². The molecule has 2 aliphatic rings. The molecule has 218 valence electrons. The second kappa shape index (κ2) is 15.1. The third-order valence-corrected chi connectivity index (χ3v) is 7.73. The number of aromatic nitrogens is 2. The van der Waals surface area contributed by atoms with Crippen LogP contribution in [0.5, 0.6) is 5.75 Å². The number of ketones is 1. The van der Waals surface area contributed by atoms with E-state index in [-0.39, 0.29) is 11.6 Å². The Morgan fingerprint density at radius 3 is 2.38 bits per heavy atom. The van der Waals surface area contributed by atoms with Crippen molar-refractivity contribution in [2.75, 3.05) is 31.1 Å². The number of phenolic OH excluding ortho intramolecular Hbond substituents is 1. The predicted molar refractivity (Wildman–Crippen MR) is 162 cm³/mol. The van der Waals surface area contributed by atoms with Crippen molar-refractivity contribution in [1.82, 2.24) is 14.9 Å². The lowest BCUT2D eigenvalue weighted by molar-refractivity contribution is -0.119. The Morgan fingerprint density at radius 1 is 1.07 bits per heavy atom. The Morgan fingerprint density at radius 2 is 1.75 bits per heavy atom. The lowest BCUT2D eigenvalue weighted by atomic mass is 9.90. The standard InChI is InChI=1S/C21H34N4O.C10H13N3O/c1-3-16-8-6-7-11-25(14-15(2)12-16)19(21(23)24)13-18(22)17-9-4-5-10-20(17)26;1-8-11-6-9(7-12-8)13-4-2-10(14)3-5-13/h4-5,9-10,13,15-16,26H,3,6-8,11-12,14,22-24H2,1-2H3;6-7H,2-5H2,1H3/b18-13-;. The maximum absolute atomic E-state index is 11.0. The lowest BCUT2D eigenvalue weighted by Crippen LogP contribution is -2.33. The first kappa shape index (κ1) is 30.8. The SMILES string of the molecule is CCC1CCCCN(C(/C=C(\N)c2ccccc2O)=C(N)N)CC(C)C1.Cc1ncc(N2CCC(=O)CC2)cn1. The molecule has 0 spiro atoms. The summed E-state index contributed by atoms with van der Waals surface area (Å²) >= 11 is 0. The zero-order valence-corrected chi connectivity index (χ0v) is 24.4. The molecule has 2 fully saturated rings. The molecule has 7 N–H and O–H groups in total. The number of nitrogens with zero attached hydrogens (tertiary/aromatic N) is 4. The molecule has 2 saturated heterocycles. The molecule has 3 heterocycles. The van der Waals surface area contributed by atoms with Crippen molar-refractivity contribution in [2.45, 2.75) is 65.7 Å². The average Bonchev–Trinajstić information content (AvgIpc) is 3.03. The van der Waals surface area contributed by atoms with Crippen molar-refractivity contribution in [3.05, 3.63) is 65.6 Å². The maximum Gasteiger partial charge on any atom is 0.136 e. The van der Waals surface area contributed by atoms with E-state index >= 15 is 0 Å². The number of aromatic hydroxyl groups is 1. The summed E-state index contributed by atoms with van der Waals surface area (Å²) in [7, 11) is 0. The van der Waals surface area contributed by atoms with Gasteiger partial charge in [0.05, 0.1) is 23.8 Å². The summed E-state index contributed by atoms with van der Waals surface area (Å²) in [6, 6.07) is 7.03. The summed E-state index contributed by atoms with van der Waals surface area (Å²) in [5.74, 6) is 2.92. The highest BCUT2D eigenvalue weighted by atomic mass is 16.3. The number of carbonyl (C=O) groups excluding carboxylic acids is 1. The highest BCUT2D eigenvalue weighted by Crippen LogP contribution is 2.28. The van der Waals surface area contributed by atoms with Crippen LogP contribution in [0.15, 0.2) is 54.3 Å². The molecule has 2 unspecified atom stereocenters. The first-order valence-corrected chi connectivity index (χ1v) is 14.5. The third-order valence-electron chi connectivity index (χ3n) is 7.73. The van der Waals surface area contributed by atoms with Crippen molar-refractivity contribution < 1.29 is 9.90 Å². The van der Waals surface area contributed by atoms with Gasteiger partial charge in [0.25, 0.3) is 0 Å². The quantitative estimate of drug-likeness (QED) is 0.401. The van der Waals surface area contributed by atoms with Crippen molar-refractivity contribution in [1.29, 1.82) is 0 Å². The predicted octanol–water partition coefficient (Wildman–Crippen LogP) is 4.27. The molecule has 0 radical (unpaired) electrons. The van der Waals surface area contributed by atoms with Crippen LogP contribution in [0.25, 0.3) is 5.70 Å². The van der Waals surface area contributed by atoms with Crippen molar-refractivity contribution in [2.24, 2.45) is 29.0 Å². The second-order valence-electron chi connectivity index (χ2n) is 11.0. The van der Waals surface area contributed by atoms with E-state index in [0.717, 1.165) is 55.7 Å². The van der Waals surface area contributed by atoms with Gasteiger partial charge in [-0.15, -0.1) is 0 Å². The number of rotatable bonds is 5. The van der Waals surface area contributed by atoms with E-state index in [1.165, 1.54) is 25.7 Å². The molecule has 2 atom stereocenters. The van der Waals surface area contributed by atoms with Crippen molar-refractivity contribution in [3.8, 4) is 5.75 Å². The minimum Gasteiger partial charge on any atom is -0.507 e. The minimum atomic E-state index is 0.153. The van der Waals surface area contributed by atoms with Crippen LogP contribution in [0.3, 0.4) is 0 Å². The van der Waals surface area contributed by atoms with E-state index in [4.69, 9.17) is 17.2 Å². The van der Waals surface area contributed by atoms with Crippen LogP contribution in [0.4, 0.5) is 5.69 Å². The molecular formula is C31H47N7O2. The summed E-state index contributed by atoms with van der Waals surface area (Å²) in [4.78, 5) is 23.7. The van der Waals surface area contributed by atoms with Gasteiger partial charge in [-0.3, -0.25) is 4.79 Å². The van der Waals surface area contributed by atoms with Gasteiger partial charge in [-0.25, -0.2) is 9.97 Å². The fraction of sp³-hybridized carbons (Fsp3) is 0.516. The number of hydrogen-bond donors (Lipinski definition) is 4. The Kier molecular flexibility index (Phi) is 11.7. The summed E-state index contributed by atoms with van der Waals surface area (Å²) in [6.07, 6.45) is 12.8. The number of Topliss-reactive ketones (excluding diaryl/α,β-unsaturated/α-hetero) is 1. The van der Waals surface area contributed by atoms with Gasteiger partial charge in [0.15, 0.2) is 0 Å². The molecule has 9 heteroatoms. The summed E-state index contributed by atoms with van der Waals surface area (Å²) in [6.45, 7) is 9.86. The molecule has 0 saturated carbocycles. The zero-order chi connectivity index (χ0) is 29.1. The Balaban J connectivity index is 0.000000263. The number of benzene rings is 1. The van der Waals surface area contributed by atoms with Crippen LogP contribution in [0.1, 0.15) is 70.2 Å². The van der Waals surface area contributed by atoms with Crippen molar-refractivity contribution in [3.63, 3.8) is 0 Å². The number of piperidine rings is 1. The number of phenols is 1. The monoisotopic (exact) mass is 549 g/mol. The van der Waals surface area contributed by atoms with Crippen LogP contribution in [0.2, 0.25) is 0 Å². The van der Waals surface area contributed by atoms with E-state index in [0.29, 0.717) is 35.8 Å². The van der Waals surface area contributed by atoms with Gasteiger partial charge in [0.1, 0.15) is 23.2 Å². The van der Waals surface area contributed by atoms with E-state index in [1.807, 2.05) is 25.4 Å². The van der Waals surface area contributed by atoms with Crippen LogP contribution in [-0.2, 0) is 4.79 Å². The van der Waals surface area contributed by atoms with Gasteiger partial charge in [0, 0.05) is 50.3 Å². The van der Waals surface area contributed by atoms with Crippen LogP contribution in [0, 0.1) is 18.8 Å². The first-order chi connectivity index (χ1) is 19.2. The maximum atomic E-state index is 11.0. The molecule has 4 rings (SSSR count). The smallest absolute Gasteiger partial charge is 0.136 e. The van der Waals surface area contributed by atoms with E-state index < -0.39 is 0 Å². The summed E-state index contributed by atoms with van der Waals surface area (Å²) in [5, 5.41) is 10.0. The second-order valence-corrected chi connectivity index (χ2v) is 11.0. The number of hydrogen-bond acceptors (Lipinski definition) is 9. The van der Waals surface area contributed by atoms with E-state index in [2.05, 4.69) is 33.6 Å². The molecule has 1 aromatic carbocycles. The van der Waals surface area contributed by atoms with E-state index in [1.54, 1.807) is 24.3 Å². The molecule has 0 bridgehead atoms. The average molecular weight is 550 g/mol. The molecule has 2 aromatic rings. The van der Waals surface area contributed by atoms with Gasteiger partial charge in [-0.1, -0.05) is 45.2 Å². The zero-order valence-electron chi connectivity index (χ0n) is 24.4. The number of para-hydroxylation sites is 1. The molecule has 0 amide bonds. The Bertz CT molecular complexity index is 1150. The Hall–Kier alpha value is -3.75. The molecule has 40 heavy (non-hydrogen) atoms. The van der Waals surface area contributed by atoms with Gasteiger partial charge in [-0.05, 0) is 49.8 Å². The number of allylic oxidation sites excluding steroid dienone is 1. The van der Waals surface area contributed by atoms with Gasteiger partial charge >= 0.3 is 0 Å². The van der Waals surface area contributed by atoms with Crippen LogP contribution in [-0.4, -0.2) is 51.9 Å². The molecule has 0 aliphatic carbocycles. The number of carbonyl (C=O) groups is 1. The number of aryl methyl sites for hydroxylation is 1. The molecule has 9 nitrogen and oxygen atoms in total. The fourth-order valence-corrected chi connectivity index (χ4v) is 5.42. The number of nitrogens with two attached hydrogens (primary N) is 3. The molecular weight excluding hydrogens is 502 g/mol. The van der Waals surface area contributed by atoms with Crippen LogP contribution >= 0.6 is 0 Å². The topological polar surface area (TPSA) is 148 Å². The molecule has 2 aliphatic heterocycles. The highest BCUT2D eigenvalue weighted by Gasteiger charge is 2.20. The lowest BCUT2D eigenvalue weighted by Gasteiger charge is -2.29. The highest BCUT2D eigenvalue weighted by molar-refractivity contribution is 5.80. The largest absolute Gasteiger partial charge is 0.507 e.